The van der Waals surface area contributed by atoms with E-state index in [2.05, 4.69) is 16.7 Å². The molecule has 0 spiro atoms. The third-order valence-electron chi connectivity index (χ3n) is 1.75. The SMILES string of the molecule is CC=CCCCCNC(=O)C(=O)NC. The van der Waals surface area contributed by atoms with Crippen LogP contribution in [0.15, 0.2) is 12.2 Å². The molecule has 0 heterocycles. The van der Waals surface area contributed by atoms with Crippen molar-refractivity contribution in [3.05, 3.63) is 12.2 Å². The van der Waals surface area contributed by atoms with Crippen molar-refractivity contribution >= 4 is 11.8 Å². The summed E-state index contributed by atoms with van der Waals surface area (Å²) >= 11 is 0. The predicted molar refractivity (Wildman–Crippen MR) is 55.7 cm³/mol. The molecule has 0 aromatic rings. The fourth-order valence-electron chi connectivity index (χ4n) is 0.950. The van der Waals surface area contributed by atoms with Crippen LogP contribution in [0.25, 0.3) is 0 Å². The van der Waals surface area contributed by atoms with Crippen LogP contribution >= 0.6 is 0 Å². The zero-order valence-electron chi connectivity index (χ0n) is 8.80. The quantitative estimate of drug-likeness (QED) is 0.386. The van der Waals surface area contributed by atoms with Gasteiger partial charge in [-0.3, -0.25) is 9.59 Å². The number of likely N-dealkylation sites (N-methyl/N-ethyl adjacent to an activating group) is 1. The minimum atomic E-state index is -0.585. The molecule has 0 aliphatic rings. The van der Waals surface area contributed by atoms with Gasteiger partial charge in [0.25, 0.3) is 0 Å². The lowest BCUT2D eigenvalue weighted by Crippen LogP contribution is -2.38. The Morgan fingerprint density at radius 3 is 2.50 bits per heavy atom. The largest absolute Gasteiger partial charge is 0.351 e. The Morgan fingerprint density at radius 2 is 1.93 bits per heavy atom. The molecule has 0 aromatic carbocycles. The third kappa shape index (κ3) is 6.22. The summed E-state index contributed by atoms with van der Waals surface area (Å²) in [4.78, 5) is 21.7. The molecule has 0 aliphatic heterocycles. The highest BCUT2D eigenvalue weighted by Crippen LogP contribution is 1.94. The number of carbonyl (C=O) groups excluding carboxylic acids is 2. The molecule has 4 nitrogen and oxygen atoms in total. The molecule has 0 aliphatic carbocycles. The summed E-state index contributed by atoms with van der Waals surface area (Å²) in [5, 5.41) is 4.80. The first-order chi connectivity index (χ1) is 6.72. The Bertz CT molecular complexity index is 212. The number of carbonyl (C=O) groups is 2. The van der Waals surface area contributed by atoms with Crippen LogP contribution in [0.3, 0.4) is 0 Å². The fourth-order valence-corrected chi connectivity index (χ4v) is 0.950. The van der Waals surface area contributed by atoms with Gasteiger partial charge in [-0.15, -0.1) is 0 Å². The highest BCUT2D eigenvalue weighted by atomic mass is 16.2. The molecule has 0 rings (SSSR count). The number of unbranched alkanes of at least 4 members (excludes halogenated alkanes) is 2. The van der Waals surface area contributed by atoms with Crippen LogP contribution in [0, 0.1) is 0 Å². The molecular weight excluding hydrogens is 180 g/mol. The van der Waals surface area contributed by atoms with Gasteiger partial charge < -0.3 is 10.6 Å². The fraction of sp³-hybridized carbons (Fsp3) is 0.600. The van der Waals surface area contributed by atoms with Crippen molar-refractivity contribution < 1.29 is 9.59 Å². The smallest absolute Gasteiger partial charge is 0.309 e. The Hall–Kier alpha value is -1.32. The van der Waals surface area contributed by atoms with Crippen LogP contribution in [0.5, 0.6) is 0 Å². The van der Waals surface area contributed by atoms with Crippen molar-refractivity contribution in [3.8, 4) is 0 Å². The molecule has 0 saturated carbocycles. The molecule has 0 saturated heterocycles. The summed E-state index contributed by atoms with van der Waals surface area (Å²) in [6, 6.07) is 0. The molecule has 0 fully saturated rings. The van der Waals surface area contributed by atoms with E-state index in [1.54, 1.807) is 0 Å². The highest BCUT2D eigenvalue weighted by Gasteiger charge is 2.08. The van der Waals surface area contributed by atoms with E-state index in [-0.39, 0.29) is 0 Å². The molecular formula is C10H18N2O2. The average molecular weight is 198 g/mol. The van der Waals surface area contributed by atoms with Gasteiger partial charge in [-0.05, 0) is 26.2 Å². The maximum Gasteiger partial charge on any atom is 0.309 e. The van der Waals surface area contributed by atoms with Gasteiger partial charge in [0.15, 0.2) is 0 Å². The van der Waals surface area contributed by atoms with Crippen molar-refractivity contribution in [3.63, 3.8) is 0 Å². The van der Waals surface area contributed by atoms with Gasteiger partial charge in [0.2, 0.25) is 0 Å². The lowest BCUT2D eigenvalue weighted by molar-refractivity contribution is -0.138. The van der Waals surface area contributed by atoms with E-state index in [4.69, 9.17) is 0 Å². The van der Waals surface area contributed by atoms with Crippen LogP contribution in [0.2, 0.25) is 0 Å². The van der Waals surface area contributed by atoms with Gasteiger partial charge in [-0.2, -0.15) is 0 Å². The standard InChI is InChI=1S/C10H18N2O2/c1-3-4-5-6-7-8-12-10(14)9(13)11-2/h3-4H,5-8H2,1-2H3,(H,11,13)(H,12,14). The molecule has 4 heteroatoms. The van der Waals surface area contributed by atoms with Crippen LogP contribution < -0.4 is 10.6 Å². The van der Waals surface area contributed by atoms with Gasteiger partial charge in [0.05, 0.1) is 0 Å². The number of allylic oxidation sites excluding steroid dienone is 2. The zero-order valence-corrected chi connectivity index (χ0v) is 8.80. The van der Waals surface area contributed by atoms with E-state index >= 15 is 0 Å². The summed E-state index contributed by atoms with van der Waals surface area (Å²) in [5.74, 6) is -1.14. The maximum atomic E-state index is 10.9. The molecule has 0 unspecified atom stereocenters. The summed E-state index contributed by atoms with van der Waals surface area (Å²) in [6.45, 7) is 2.54. The lowest BCUT2D eigenvalue weighted by atomic mass is 10.2. The van der Waals surface area contributed by atoms with E-state index in [0.717, 1.165) is 19.3 Å². The minimum Gasteiger partial charge on any atom is -0.351 e. The topological polar surface area (TPSA) is 58.2 Å². The Labute approximate surface area is 84.8 Å². The van der Waals surface area contributed by atoms with Gasteiger partial charge in [-0.1, -0.05) is 12.2 Å². The van der Waals surface area contributed by atoms with E-state index in [9.17, 15) is 9.59 Å². The summed E-state index contributed by atoms with van der Waals surface area (Å²) in [5.41, 5.74) is 0. The summed E-state index contributed by atoms with van der Waals surface area (Å²) < 4.78 is 0. The summed E-state index contributed by atoms with van der Waals surface area (Å²) in [7, 11) is 1.44. The van der Waals surface area contributed by atoms with Crippen molar-refractivity contribution in [1.82, 2.24) is 10.6 Å². The second kappa shape index (κ2) is 8.29. The normalized spacial score (nSPS) is 10.1. The Balaban J connectivity index is 3.36. The second-order valence-electron chi connectivity index (χ2n) is 2.90. The second-order valence-corrected chi connectivity index (χ2v) is 2.90. The van der Waals surface area contributed by atoms with E-state index in [1.165, 1.54) is 7.05 Å². The average Bonchev–Trinajstić information content (AvgIpc) is 2.21. The molecule has 0 radical (unpaired) electrons. The van der Waals surface area contributed by atoms with Gasteiger partial charge in [-0.25, -0.2) is 0 Å². The van der Waals surface area contributed by atoms with Crippen LogP contribution in [-0.2, 0) is 9.59 Å². The Kier molecular flexibility index (Phi) is 7.50. The highest BCUT2D eigenvalue weighted by molar-refractivity contribution is 6.34. The van der Waals surface area contributed by atoms with Crippen molar-refractivity contribution in [2.45, 2.75) is 26.2 Å². The van der Waals surface area contributed by atoms with Gasteiger partial charge in [0.1, 0.15) is 0 Å². The third-order valence-corrected chi connectivity index (χ3v) is 1.75. The molecule has 80 valence electrons. The zero-order chi connectivity index (χ0) is 10.8. The number of hydrogen-bond acceptors (Lipinski definition) is 2. The molecule has 0 aromatic heterocycles. The van der Waals surface area contributed by atoms with E-state index < -0.39 is 11.8 Å². The predicted octanol–water partition coefficient (Wildman–Crippen LogP) is 0.595. The van der Waals surface area contributed by atoms with E-state index in [1.807, 2.05) is 13.0 Å². The lowest BCUT2D eigenvalue weighted by Gasteiger charge is -2.02. The molecule has 2 N–H and O–H groups in total. The number of nitrogens with one attached hydrogen (secondary N) is 2. The first-order valence-electron chi connectivity index (χ1n) is 4.83. The van der Waals surface area contributed by atoms with Crippen molar-refractivity contribution in [1.29, 1.82) is 0 Å². The van der Waals surface area contributed by atoms with Crippen LogP contribution in [0.4, 0.5) is 0 Å². The first-order valence-corrected chi connectivity index (χ1v) is 4.83. The molecule has 0 atom stereocenters. The maximum absolute atomic E-state index is 10.9. The monoisotopic (exact) mass is 198 g/mol. The first kappa shape index (κ1) is 12.7. The number of hydrogen-bond donors (Lipinski definition) is 2. The molecule has 0 bridgehead atoms. The van der Waals surface area contributed by atoms with Crippen LogP contribution in [0.1, 0.15) is 26.2 Å². The number of rotatable bonds is 5. The Morgan fingerprint density at radius 1 is 1.21 bits per heavy atom. The molecule has 14 heavy (non-hydrogen) atoms. The summed E-state index contributed by atoms with van der Waals surface area (Å²) in [6.07, 6.45) is 7.03. The van der Waals surface area contributed by atoms with Crippen molar-refractivity contribution in [2.75, 3.05) is 13.6 Å². The van der Waals surface area contributed by atoms with Gasteiger partial charge in [0, 0.05) is 13.6 Å². The number of amides is 2. The van der Waals surface area contributed by atoms with Crippen LogP contribution in [-0.4, -0.2) is 25.4 Å². The van der Waals surface area contributed by atoms with Crippen molar-refractivity contribution in [2.24, 2.45) is 0 Å². The minimum absolute atomic E-state index is 0.557. The van der Waals surface area contributed by atoms with E-state index in [0.29, 0.717) is 6.54 Å². The molecule has 2 amide bonds. The van der Waals surface area contributed by atoms with Gasteiger partial charge >= 0.3 is 11.8 Å².